The zero-order chi connectivity index (χ0) is 15.9. The molecule has 21 heavy (non-hydrogen) atoms. The number of nitrogens with one attached hydrogen (secondary N) is 3. The van der Waals surface area contributed by atoms with Gasteiger partial charge in [-0.1, -0.05) is 0 Å². The average molecular weight is 294 g/mol. The van der Waals surface area contributed by atoms with Gasteiger partial charge in [-0.3, -0.25) is 9.48 Å². The first kappa shape index (κ1) is 17.0. The van der Waals surface area contributed by atoms with Crippen molar-refractivity contribution in [2.24, 2.45) is 12.0 Å². The molecule has 1 amide bonds. The Morgan fingerprint density at radius 3 is 2.62 bits per heavy atom. The Labute approximate surface area is 126 Å². The van der Waals surface area contributed by atoms with E-state index in [0.717, 1.165) is 12.2 Å². The van der Waals surface area contributed by atoms with Crippen molar-refractivity contribution in [3.8, 4) is 0 Å². The van der Waals surface area contributed by atoms with Crippen molar-refractivity contribution in [2.75, 3.05) is 13.1 Å². The first-order valence-electron chi connectivity index (χ1n) is 7.12. The van der Waals surface area contributed by atoms with Crippen LogP contribution in [0.5, 0.6) is 0 Å². The molecular formula is C14H26N6O. The number of rotatable bonds is 5. The van der Waals surface area contributed by atoms with Gasteiger partial charge >= 0.3 is 0 Å². The minimum absolute atomic E-state index is 0.0614. The molecule has 0 atom stereocenters. The second kappa shape index (κ2) is 7.66. The fourth-order valence-corrected chi connectivity index (χ4v) is 1.68. The molecule has 0 fully saturated rings. The highest BCUT2D eigenvalue weighted by atomic mass is 16.2. The zero-order valence-electron chi connectivity index (χ0n) is 13.5. The molecular weight excluding hydrogens is 268 g/mol. The van der Waals surface area contributed by atoms with Crippen LogP contribution in [0.3, 0.4) is 0 Å². The topological polar surface area (TPSA) is 83.3 Å². The zero-order valence-corrected chi connectivity index (χ0v) is 13.5. The lowest BCUT2D eigenvalue weighted by atomic mass is 10.1. The SMILES string of the molecule is CCNC(=NCc1ccnn1C)NCC(=O)NC(C)(C)C. The van der Waals surface area contributed by atoms with E-state index in [-0.39, 0.29) is 18.0 Å². The molecule has 0 unspecified atom stereocenters. The Kier molecular flexibility index (Phi) is 6.20. The number of guanidine groups is 1. The molecule has 1 heterocycles. The number of amides is 1. The minimum Gasteiger partial charge on any atom is -0.357 e. The Morgan fingerprint density at radius 1 is 1.38 bits per heavy atom. The summed E-state index contributed by atoms with van der Waals surface area (Å²) in [7, 11) is 1.88. The summed E-state index contributed by atoms with van der Waals surface area (Å²) in [6.45, 7) is 9.27. The van der Waals surface area contributed by atoms with Crippen LogP contribution in [-0.2, 0) is 18.4 Å². The van der Waals surface area contributed by atoms with Crippen molar-refractivity contribution in [1.29, 1.82) is 0 Å². The summed E-state index contributed by atoms with van der Waals surface area (Å²) in [5.41, 5.74) is 0.773. The molecule has 1 rings (SSSR count). The Balaban J connectivity index is 2.53. The third kappa shape index (κ3) is 6.78. The van der Waals surface area contributed by atoms with E-state index in [4.69, 9.17) is 0 Å². The second-order valence-electron chi connectivity index (χ2n) is 5.79. The standard InChI is InChI=1S/C14H26N6O/c1-6-15-13(16-9-11-7-8-18-20(11)5)17-10-12(21)19-14(2,3)4/h7-8H,6,9-10H2,1-5H3,(H,19,21)(H2,15,16,17). The van der Waals surface area contributed by atoms with Crippen LogP contribution in [0.15, 0.2) is 17.3 Å². The molecule has 0 saturated heterocycles. The smallest absolute Gasteiger partial charge is 0.239 e. The lowest BCUT2D eigenvalue weighted by Gasteiger charge is -2.21. The molecule has 3 N–H and O–H groups in total. The molecule has 7 heteroatoms. The highest BCUT2D eigenvalue weighted by Crippen LogP contribution is 1.98. The van der Waals surface area contributed by atoms with Gasteiger partial charge < -0.3 is 16.0 Å². The lowest BCUT2D eigenvalue weighted by Crippen LogP contribution is -2.48. The minimum atomic E-state index is -0.233. The Morgan fingerprint density at radius 2 is 2.10 bits per heavy atom. The van der Waals surface area contributed by atoms with Gasteiger partial charge in [-0.05, 0) is 33.8 Å². The highest BCUT2D eigenvalue weighted by Gasteiger charge is 2.13. The van der Waals surface area contributed by atoms with E-state index in [1.807, 2.05) is 40.8 Å². The van der Waals surface area contributed by atoms with Crippen LogP contribution in [0.2, 0.25) is 0 Å². The molecule has 1 aromatic rings. The van der Waals surface area contributed by atoms with Crippen molar-refractivity contribution in [2.45, 2.75) is 39.8 Å². The summed E-state index contributed by atoms with van der Waals surface area (Å²) in [5, 5.41) is 13.1. The quantitative estimate of drug-likeness (QED) is 0.542. The number of aryl methyl sites for hydroxylation is 1. The summed E-state index contributed by atoms with van der Waals surface area (Å²) < 4.78 is 1.78. The van der Waals surface area contributed by atoms with Crippen LogP contribution >= 0.6 is 0 Å². The van der Waals surface area contributed by atoms with Gasteiger partial charge in [-0.25, -0.2) is 4.99 Å². The largest absolute Gasteiger partial charge is 0.357 e. The number of carbonyl (C=O) groups excluding carboxylic acids is 1. The van der Waals surface area contributed by atoms with Gasteiger partial charge in [0.1, 0.15) is 0 Å². The van der Waals surface area contributed by atoms with Gasteiger partial charge in [0, 0.05) is 25.3 Å². The van der Waals surface area contributed by atoms with Gasteiger partial charge in [0.05, 0.1) is 18.8 Å². The van der Waals surface area contributed by atoms with Gasteiger partial charge in [0.2, 0.25) is 5.91 Å². The maximum absolute atomic E-state index is 11.8. The van der Waals surface area contributed by atoms with E-state index in [2.05, 4.69) is 26.0 Å². The van der Waals surface area contributed by atoms with Crippen molar-refractivity contribution in [3.05, 3.63) is 18.0 Å². The number of hydrogen-bond donors (Lipinski definition) is 3. The van der Waals surface area contributed by atoms with Crippen LogP contribution in [0.25, 0.3) is 0 Å². The van der Waals surface area contributed by atoms with Crippen LogP contribution in [0, 0.1) is 0 Å². The molecule has 0 spiro atoms. The van der Waals surface area contributed by atoms with E-state index in [0.29, 0.717) is 12.5 Å². The monoisotopic (exact) mass is 294 g/mol. The van der Waals surface area contributed by atoms with E-state index < -0.39 is 0 Å². The molecule has 0 aromatic carbocycles. The predicted molar refractivity (Wildman–Crippen MR) is 83.9 cm³/mol. The maximum atomic E-state index is 11.8. The Bertz CT molecular complexity index is 486. The van der Waals surface area contributed by atoms with Crippen molar-refractivity contribution < 1.29 is 4.79 Å². The molecule has 1 aromatic heterocycles. The fourth-order valence-electron chi connectivity index (χ4n) is 1.68. The van der Waals surface area contributed by atoms with E-state index >= 15 is 0 Å². The predicted octanol–water partition coefficient (Wildman–Crippen LogP) is 0.390. The summed E-state index contributed by atoms with van der Waals surface area (Å²) in [5.74, 6) is 0.552. The lowest BCUT2D eigenvalue weighted by molar-refractivity contribution is -0.121. The third-order valence-electron chi connectivity index (χ3n) is 2.60. The third-order valence-corrected chi connectivity index (χ3v) is 2.60. The summed E-state index contributed by atoms with van der Waals surface area (Å²) in [4.78, 5) is 16.2. The van der Waals surface area contributed by atoms with Crippen LogP contribution < -0.4 is 16.0 Å². The molecule has 0 aliphatic carbocycles. The molecule has 7 nitrogen and oxygen atoms in total. The number of aromatic nitrogens is 2. The number of hydrogen-bond acceptors (Lipinski definition) is 3. The summed E-state index contributed by atoms with van der Waals surface area (Å²) in [6.07, 6.45) is 1.74. The highest BCUT2D eigenvalue weighted by molar-refractivity contribution is 5.86. The first-order valence-corrected chi connectivity index (χ1v) is 7.12. The van der Waals surface area contributed by atoms with Gasteiger partial charge in [0.15, 0.2) is 5.96 Å². The van der Waals surface area contributed by atoms with Crippen LogP contribution in [-0.4, -0.2) is 40.3 Å². The number of aliphatic imine (C=N–C) groups is 1. The Hall–Kier alpha value is -2.05. The van der Waals surface area contributed by atoms with Crippen LogP contribution in [0.1, 0.15) is 33.4 Å². The number of carbonyl (C=O) groups is 1. The molecule has 0 saturated carbocycles. The molecule has 0 aliphatic heterocycles. The van der Waals surface area contributed by atoms with Crippen LogP contribution in [0.4, 0.5) is 0 Å². The van der Waals surface area contributed by atoms with E-state index in [1.54, 1.807) is 10.9 Å². The summed E-state index contributed by atoms with van der Waals surface area (Å²) in [6, 6.07) is 1.92. The second-order valence-corrected chi connectivity index (χ2v) is 5.79. The van der Waals surface area contributed by atoms with Crippen molar-refractivity contribution in [1.82, 2.24) is 25.7 Å². The average Bonchev–Trinajstić information content (AvgIpc) is 2.76. The maximum Gasteiger partial charge on any atom is 0.239 e. The fraction of sp³-hybridized carbons (Fsp3) is 0.643. The van der Waals surface area contributed by atoms with Crippen molar-refractivity contribution >= 4 is 11.9 Å². The summed E-state index contributed by atoms with van der Waals surface area (Å²) >= 11 is 0. The van der Waals surface area contributed by atoms with E-state index in [1.165, 1.54) is 0 Å². The van der Waals surface area contributed by atoms with E-state index in [9.17, 15) is 4.79 Å². The molecule has 0 bridgehead atoms. The van der Waals surface area contributed by atoms with Crippen molar-refractivity contribution in [3.63, 3.8) is 0 Å². The van der Waals surface area contributed by atoms with Gasteiger partial charge in [0.25, 0.3) is 0 Å². The first-order chi connectivity index (χ1) is 9.81. The van der Waals surface area contributed by atoms with Gasteiger partial charge in [-0.15, -0.1) is 0 Å². The molecule has 0 aliphatic rings. The van der Waals surface area contributed by atoms with Gasteiger partial charge in [-0.2, -0.15) is 5.10 Å². The molecule has 118 valence electrons. The normalized spacial score (nSPS) is 12.1. The molecule has 0 radical (unpaired) electrons. The number of nitrogens with zero attached hydrogens (tertiary/aromatic N) is 3.